The molecule has 0 aliphatic heterocycles. The standard InChI is InChI=1S/C57H35N5O/c1-3-13-36(14-4-1)48-35-55(60-57(59-48)37-15-5-2-6-16-37)62-50-22-10-8-20-44(50)46-32-40(25-28-51(46)62)38-17-11-18-39(31-38)41-24-27-45-43-19-7-9-21-49(43)61(52(45)33-41)42-26-29-53-47(34-42)56-54(63-53)23-12-30-58-56/h1-35H. The van der Waals surface area contributed by atoms with Crippen LogP contribution in [0.15, 0.2) is 217 Å². The number of benzene rings is 8. The number of fused-ring (bicyclic) bond motifs is 9. The zero-order valence-electron chi connectivity index (χ0n) is 33.9. The van der Waals surface area contributed by atoms with Crippen LogP contribution >= 0.6 is 0 Å². The van der Waals surface area contributed by atoms with Crippen molar-refractivity contribution in [1.29, 1.82) is 0 Å². The molecule has 0 unspecified atom stereocenters. The number of para-hydroxylation sites is 2. The SMILES string of the molecule is c1ccc(-c2cc(-n3c4ccccc4c4cc(-c5cccc(-c6ccc7c8ccccc8n(-c8ccc9oc%10cccnc%10c9c8)c7c6)c5)ccc43)nc(-c3ccccc3)n2)cc1. The normalized spacial score (nSPS) is 11.8. The van der Waals surface area contributed by atoms with Gasteiger partial charge in [-0.2, -0.15) is 0 Å². The summed E-state index contributed by atoms with van der Waals surface area (Å²) in [6.07, 6.45) is 1.82. The highest BCUT2D eigenvalue weighted by Gasteiger charge is 2.19. The summed E-state index contributed by atoms with van der Waals surface area (Å²) >= 11 is 0. The molecule has 0 amide bonds. The predicted molar refractivity (Wildman–Crippen MR) is 258 cm³/mol. The molecule has 0 bridgehead atoms. The first-order valence-electron chi connectivity index (χ1n) is 21.2. The molecule has 0 saturated heterocycles. The highest BCUT2D eigenvalue weighted by atomic mass is 16.3. The number of rotatable bonds is 6. The number of nitrogens with zero attached hydrogens (tertiary/aromatic N) is 5. The van der Waals surface area contributed by atoms with Crippen molar-refractivity contribution < 1.29 is 4.42 Å². The lowest BCUT2D eigenvalue weighted by Crippen LogP contribution is -2.02. The fourth-order valence-corrected chi connectivity index (χ4v) is 9.45. The summed E-state index contributed by atoms with van der Waals surface area (Å²) < 4.78 is 10.8. The van der Waals surface area contributed by atoms with Crippen molar-refractivity contribution in [3.05, 3.63) is 212 Å². The van der Waals surface area contributed by atoms with E-state index in [9.17, 15) is 0 Å². The van der Waals surface area contributed by atoms with Gasteiger partial charge in [-0.3, -0.25) is 9.55 Å². The molecular formula is C57H35N5O. The van der Waals surface area contributed by atoms with Gasteiger partial charge in [-0.25, -0.2) is 9.97 Å². The Balaban J connectivity index is 0.937. The average molecular weight is 806 g/mol. The van der Waals surface area contributed by atoms with Crippen LogP contribution in [0.2, 0.25) is 0 Å². The number of furan rings is 1. The Hall–Kier alpha value is -8.61. The molecule has 0 aliphatic rings. The van der Waals surface area contributed by atoms with Crippen molar-refractivity contribution in [1.82, 2.24) is 24.1 Å². The van der Waals surface area contributed by atoms with Crippen LogP contribution in [-0.4, -0.2) is 24.1 Å². The van der Waals surface area contributed by atoms with E-state index in [0.717, 1.165) is 100 Å². The summed E-state index contributed by atoms with van der Waals surface area (Å²) in [6.45, 7) is 0. The molecule has 63 heavy (non-hydrogen) atoms. The Morgan fingerprint density at radius 2 is 0.984 bits per heavy atom. The van der Waals surface area contributed by atoms with Gasteiger partial charge in [0.05, 0.1) is 27.8 Å². The Kier molecular flexibility index (Phi) is 7.80. The van der Waals surface area contributed by atoms with Crippen molar-refractivity contribution in [2.45, 2.75) is 0 Å². The van der Waals surface area contributed by atoms with Crippen molar-refractivity contribution >= 4 is 65.7 Å². The summed E-state index contributed by atoms with van der Waals surface area (Å²) in [6, 6.07) is 72.8. The Morgan fingerprint density at radius 1 is 0.349 bits per heavy atom. The smallest absolute Gasteiger partial charge is 0.162 e. The summed E-state index contributed by atoms with van der Waals surface area (Å²) in [4.78, 5) is 15.0. The zero-order chi connectivity index (χ0) is 41.4. The minimum Gasteiger partial charge on any atom is -0.454 e. The molecule has 5 heterocycles. The molecule has 0 spiro atoms. The fraction of sp³-hybridized carbons (Fsp3) is 0. The summed E-state index contributed by atoms with van der Waals surface area (Å²) in [5.74, 6) is 1.51. The second kappa shape index (κ2) is 14.0. The van der Waals surface area contributed by atoms with E-state index in [1.807, 2.05) is 42.6 Å². The number of pyridine rings is 1. The average Bonchev–Trinajstić information content (AvgIpc) is 4.01. The van der Waals surface area contributed by atoms with Gasteiger partial charge < -0.3 is 8.98 Å². The first kappa shape index (κ1) is 35.2. The third-order valence-electron chi connectivity index (χ3n) is 12.4. The molecular weight excluding hydrogens is 771 g/mol. The quantitative estimate of drug-likeness (QED) is 0.168. The fourth-order valence-electron chi connectivity index (χ4n) is 9.45. The molecule has 0 N–H and O–H groups in total. The van der Waals surface area contributed by atoms with Crippen LogP contribution in [0.25, 0.3) is 122 Å². The maximum absolute atomic E-state index is 6.15. The summed E-state index contributed by atoms with van der Waals surface area (Å²) in [5, 5.41) is 5.76. The molecule has 5 aromatic heterocycles. The van der Waals surface area contributed by atoms with Gasteiger partial charge in [0, 0.05) is 56.0 Å². The molecule has 294 valence electrons. The van der Waals surface area contributed by atoms with E-state index < -0.39 is 0 Å². The highest BCUT2D eigenvalue weighted by Crippen LogP contribution is 2.39. The van der Waals surface area contributed by atoms with Crippen LogP contribution in [0, 0.1) is 0 Å². The largest absolute Gasteiger partial charge is 0.454 e. The van der Waals surface area contributed by atoms with E-state index in [2.05, 4.69) is 184 Å². The van der Waals surface area contributed by atoms with Crippen molar-refractivity contribution in [2.75, 3.05) is 0 Å². The molecule has 6 heteroatoms. The maximum atomic E-state index is 6.15. The van der Waals surface area contributed by atoms with Crippen LogP contribution < -0.4 is 0 Å². The lowest BCUT2D eigenvalue weighted by Gasteiger charge is -2.12. The molecule has 13 aromatic rings. The van der Waals surface area contributed by atoms with Crippen LogP contribution in [-0.2, 0) is 0 Å². The molecule has 0 saturated carbocycles. The molecule has 6 nitrogen and oxygen atoms in total. The number of hydrogen-bond acceptors (Lipinski definition) is 4. The van der Waals surface area contributed by atoms with E-state index in [-0.39, 0.29) is 0 Å². The van der Waals surface area contributed by atoms with Gasteiger partial charge >= 0.3 is 0 Å². The molecule has 13 rings (SSSR count). The third kappa shape index (κ3) is 5.69. The summed E-state index contributed by atoms with van der Waals surface area (Å²) in [7, 11) is 0. The minimum atomic E-state index is 0.690. The van der Waals surface area contributed by atoms with Crippen molar-refractivity contribution in [3.8, 4) is 56.4 Å². The van der Waals surface area contributed by atoms with Crippen molar-refractivity contribution in [3.63, 3.8) is 0 Å². The Labute approximate surface area is 361 Å². The third-order valence-corrected chi connectivity index (χ3v) is 12.4. The van der Waals surface area contributed by atoms with Gasteiger partial charge in [0.1, 0.15) is 16.9 Å². The lowest BCUT2D eigenvalue weighted by atomic mass is 9.97. The summed E-state index contributed by atoms with van der Waals surface area (Å²) in [5.41, 5.74) is 15.5. The van der Waals surface area contributed by atoms with Crippen LogP contribution in [0.4, 0.5) is 0 Å². The van der Waals surface area contributed by atoms with Crippen LogP contribution in [0.3, 0.4) is 0 Å². The molecule has 0 aliphatic carbocycles. The van der Waals surface area contributed by atoms with Gasteiger partial charge in [0.15, 0.2) is 11.4 Å². The zero-order valence-corrected chi connectivity index (χ0v) is 33.9. The lowest BCUT2D eigenvalue weighted by molar-refractivity contribution is 0.668. The first-order valence-corrected chi connectivity index (χ1v) is 21.2. The van der Waals surface area contributed by atoms with E-state index in [4.69, 9.17) is 14.4 Å². The molecule has 0 atom stereocenters. The Bertz CT molecular complexity index is 3860. The second-order valence-corrected chi connectivity index (χ2v) is 16.0. The number of aromatic nitrogens is 5. The van der Waals surface area contributed by atoms with Crippen molar-refractivity contribution in [2.24, 2.45) is 0 Å². The second-order valence-electron chi connectivity index (χ2n) is 16.0. The van der Waals surface area contributed by atoms with E-state index in [0.29, 0.717) is 5.82 Å². The molecule has 0 radical (unpaired) electrons. The first-order chi connectivity index (χ1) is 31.2. The topological polar surface area (TPSA) is 61.7 Å². The van der Waals surface area contributed by atoms with Crippen LogP contribution in [0.5, 0.6) is 0 Å². The van der Waals surface area contributed by atoms with Gasteiger partial charge in [-0.15, -0.1) is 0 Å². The molecule has 0 fully saturated rings. The Morgan fingerprint density at radius 3 is 1.79 bits per heavy atom. The van der Waals surface area contributed by atoms with E-state index in [1.165, 1.54) is 16.2 Å². The monoisotopic (exact) mass is 805 g/mol. The number of hydrogen-bond donors (Lipinski definition) is 0. The van der Waals surface area contributed by atoms with E-state index in [1.54, 1.807) is 0 Å². The minimum absolute atomic E-state index is 0.690. The van der Waals surface area contributed by atoms with Gasteiger partial charge in [-0.05, 0) is 89.0 Å². The predicted octanol–water partition coefficient (Wildman–Crippen LogP) is 14.6. The van der Waals surface area contributed by atoms with Gasteiger partial charge in [0.2, 0.25) is 0 Å². The van der Waals surface area contributed by atoms with E-state index >= 15 is 0 Å². The maximum Gasteiger partial charge on any atom is 0.162 e. The highest BCUT2D eigenvalue weighted by molar-refractivity contribution is 6.12. The van der Waals surface area contributed by atoms with Gasteiger partial charge in [0.25, 0.3) is 0 Å². The van der Waals surface area contributed by atoms with Crippen LogP contribution in [0.1, 0.15) is 0 Å². The molecule has 8 aromatic carbocycles. The van der Waals surface area contributed by atoms with Gasteiger partial charge in [-0.1, -0.05) is 133 Å².